The molecule has 0 spiro atoms. The molecular weight excluding hydrogens is 510 g/mol. The predicted molar refractivity (Wildman–Crippen MR) is 133 cm³/mol. The van der Waals surface area contributed by atoms with Crippen molar-refractivity contribution in [2.24, 2.45) is 22.6 Å². The van der Waals surface area contributed by atoms with E-state index in [0.717, 1.165) is 11.1 Å². The van der Waals surface area contributed by atoms with Crippen LogP contribution in [0.4, 0.5) is 4.39 Å². The van der Waals surface area contributed by atoms with Crippen LogP contribution in [0.25, 0.3) is 0 Å². The van der Waals surface area contributed by atoms with Gasteiger partial charge in [0.2, 0.25) is 5.91 Å². The molecule has 2 atom stereocenters. The first-order valence-electron chi connectivity index (χ1n) is 10.1. The van der Waals surface area contributed by atoms with Gasteiger partial charge in [-0.05, 0) is 35.6 Å². The van der Waals surface area contributed by atoms with Crippen molar-refractivity contribution in [2.75, 3.05) is 26.7 Å². The third-order valence-electron chi connectivity index (χ3n) is 4.67. The number of nitrogens with one attached hydrogen (secondary N) is 2. The maximum atomic E-state index is 13.1. The molecule has 0 aromatic heterocycles. The lowest BCUT2D eigenvalue weighted by Crippen LogP contribution is -2.44. The van der Waals surface area contributed by atoms with Gasteiger partial charge < -0.3 is 21.1 Å². The highest BCUT2D eigenvalue weighted by molar-refractivity contribution is 14.0. The third kappa shape index (κ3) is 10.6. The first-order chi connectivity index (χ1) is 14.5. The van der Waals surface area contributed by atoms with Gasteiger partial charge in [0.15, 0.2) is 5.96 Å². The second-order valence-electron chi connectivity index (χ2n) is 7.37. The predicted octanol–water partition coefficient (Wildman–Crippen LogP) is 3.11. The number of guanidine groups is 1. The number of carbonyl (C=O) groups excluding carboxylic acids is 1. The fourth-order valence-electron chi connectivity index (χ4n) is 2.90. The number of ether oxygens (including phenoxy) is 1. The summed E-state index contributed by atoms with van der Waals surface area (Å²) in [6, 6.07) is 16.1. The zero-order valence-corrected chi connectivity index (χ0v) is 20.3. The molecule has 0 heterocycles. The maximum Gasteiger partial charge on any atom is 0.222 e. The summed E-state index contributed by atoms with van der Waals surface area (Å²) in [5.74, 6) is -0.279. The van der Waals surface area contributed by atoms with Crippen molar-refractivity contribution in [3.8, 4) is 0 Å². The Morgan fingerprint density at radius 2 is 1.71 bits per heavy atom. The largest absolute Gasteiger partial charge is 0.376 e. The van der Waals surface area contributed by atoms with Gasteiger partial charge >= 0.3 is 0 Å². The van der Waals surface area contributed by atoms with Gasteiger partial charge in [-0.3, -0.25) is 9.79 Å². The average molecular weight is 542 g/mol. The Morgan fingerprint density at radius 1 is 1.06 bits per heavy atom. The van der Waals surface area contributed by atoms with Gasteiger partial charge in [0.1, 0.15) is 5.82 Å². The van der Waals surface area contributed by atoms with Crippen LogP contribution < -0.4 is 16.4 Å². The van der Waals surface area contributed by atoms with E-state index in [1.807, 2.05) is 30.3 Å². The Balaban J connectivity index is 0.00000480. The molecule has 2 unspecified atom stereocenters. The standard InChI is InChI=1S/C23H31FN4O2.HI/c1-17(15-30-16-19-6-4-3-5-7-19)13-27-23(26-2)28-14-20(22(25)29)12-18-8-10-21(24)11-9-18;/h3-11,17,20H,12-16H2,1-2H3,(H2,25,29)(H2,26,27,28);1H. The van der Waals surface area contributed by atoms with E-state index in [9.17, 15) is 9.18 Å². The molecule has 8 heteroatoms. The molecule has 6 nitrogen and oxygen atoms in total. The highest BCUT2D eigenvalue weighted by Crippen LogP contribution is 2.09. The van der Waals surface area contributed by atoms with Crippen LogP contribution in [0.3, 0.4) is 0 Å². The molecule has 4 N–H and O–H groups in total. The van der Waals surface area contributed by atoms with Crippen molar-refractivity contribution < 1.29 is 13.9 Å². The summed E-state index contributed by atoms with van der Waals surface area (Å²) >= 11 is 0. The molecule has 0 aliphatic carbocycles. The first-order valence-corrected chi connectivity index (χ1v) is 10.1. The van der Waals surface area contributed by atoms with Crippen LogP contribution >= 0.6 is 24.0 Å². The number of nitrogens with zero attached hydrogens (tertiary/aromatic N) is 1. The minimum Gasteiger partial charge on any atom is -0.376 e. The van der Waals surface area contributed by atoms with Crippen molar-refractivity contribution in [3.63, 3.8) is 0 Å². The van der Waals surface area contributed by atoms with Crippen molar-refractivity contribution in [2.45, 2.75) is 20.0 Å². The molecule has 2 aromatic carbocycles. The lowest BCUT2D eigenvalue weighted by molar-refractivity contribution is -0.121. The summed E-state index contributed by atoms with van der Waals surface area (Å²) in [6.45, 7) is 4.31. The monoisotopic (exact) mass is 542 g/mol. The summed E-state index contributed by atoms with van der Waals surface area (Å²) in [5.41, 5.74) is 7.54. The molecule has 0 saturated heterocycles. The van der Waals surface area contributed by atoms with Gasteiger partial charge in [-0.25, -0.2) is 4.39 Å². The summed E-state index contributed by atoms with van der Waals surface area (Å²) in [5, 5.41) is 6.38. The highest BCUT2D eigenvalue weighted by Gasteiger charge is 2.17. The average Bonchev–Trinajstić information content (AvgIpc) is 2.75. The summed E-state index contributed by atoms with van der Waals surface area (Å²) in [4.78, 5) is 16.0. The van der Waals surface area contributed by atoms with Crippen LogP contribution in [0, 0.1) is 17.7 Å². The van der Waals surface area contributed by atoms with E-state index >= 15 is 0 Å². The lowest BCUT2D eigenvalue weighted by Gasteiger charge is -2.19. The lowest BCUT2D eigenvalue weighted by atomic mass is 9.98. The summed E-state index contributed by atoms with van der Waals surface area (Å²) < 4.78 is 18.8. The molecule has 2 rings (SSSR count). The Labute approximate surface area is 200 Å². The van der Waals surface area contributed by atoms with E-state index < -0.39 is 11.8 Å². The van der Waals surface area contributed by atoms with Crippen molar-refractivity contribution in [1.82, 2.24) is 10.6 Å². The molecule has 1 amide bonds. The fraction of sp³-hybridized carbons (Fsp3) is 0.391. The second-order valence-corrected chi connectivity index (χ2v) is 7.37. The Hall–Kier alpha value is -2.20. The van der Waals surface area contributed by atoms with Gasteiger partial charge in [-0.15, -0.1) is 24.0 Å². The van der Waals surface area contributed by atoms with Crippen LogP contribution in [-0.4, -0.2) is 38.6 Å². The van der Waals surface area contributed by atoms with Crippen LogP contribution in [0.1, 0.15) is 18.1 Å². The SMILES string of the molecule is CN=C(NCC(C)COCc1ccccc1)NCC(Cc1ccc(F)cc1)C(N)=O.I. The minimum absolute atomic E-state index is 0. The molecule has 2 aromatic rings. The first kappa shape index (κ1) is 26.8. The maximum absolute atomic E-state index is 13.1. The number of aliphatic imine (C=N–C) groups is 1. The fourth-order valence-corrected chi connectivity index (χ4v) is 2.90. The van der Waals surface area contributed by atoms with Crippen LogP contribution in [0.2, 0.25) is 0 Å². The van der Waals surface area contributed by atoms with Crippen LogP contribution in [-0.2, 0) is 22.6 Å². The zero-order valence-electron chi connectivity index (χ0n) is 18.0. The Morgan fingerprint density at radius 3 is 2.32 bits per heavy atom. The molecule has 0 aliphatic rings. The summed E-state index contributed by atoms with van der Waals surface area (Å²) in [6.07, 6.45) is 0.434. The van der Waals surface area contributed by atoms with Crippen molar-refractivity contribution >= 4 is 35.8 Å². The van der Waals surface area contributed by atoms with E-state index in [1.165, 1.54) is 12.1 Å². The molecule has 0 aliphatic heterocycles. The number of amides is 1. The number of hydrogen-bond acceptors (Lipinski definition) is 3. The number of carbonyl (C=O) groups is 1. The number of halogens is 2. The molecule has 0 fully saturated rings. The zero-order chi connectivity index (χ0) is 21.8. The molecule has 170 valence electrons. The highest BCUT2D eigenvalue weighted by atomic mass is 127. The molecule has 31 heavy (non-hydrogen) atoms. The summed E-state index contributed by atoms with van der Waals surface area (Å²) in [7, 11) is 1.67. The number of hydrogen-bond donors (Lipinski definition) is 3. The van der Waals surface area contributed by atoms with Crippen molar-refractivity contribution in [3.05, 3.63) is 71.5 Å². The number of benzene rings is 2. The Kier molecular flexibility index (Phi) is 12.8. The van der Waals surface area contributed by atoms with Gasteiger partial charge in [-0.2, -0.15) is 0 Å². The molecule has 0 radical (unpaired) electrons. The van der Waals surface area contributed by atoms with Crippen LogP contribution in [0.5, 0.6) is 0 Å². The van der Waals surface area contributed by atoms with E-state index in [-0.39, 0.29) is 35.7 Å². The van der Waals surface area contributed by atoms with E-state index in [2.05, 4.69) is 22.5 Å². The number of primary amides is 1. The van der Waals surface area contributed by atoms with Gasteiger partial charge in [0, 0.05) is 20.1 Å². The normalized spacial score (nSPS) is 13.1. The van der Waals surface area contributed by atoms with E-state index in [0.29, 0.717) is 38.7 Å². The van der Waals surface area contributed by atoms with E-state index in [4.69, 9.17) is 10.5 Å². The van der Waals surface area contributed by atoms with E-state index in [1.54, 1.807) is 19.2 Å². The molecular formula is C23H32FIN4O2. The quantitative estimate of drug-likeness (QED) is 0.231. The molecule has 0 saturated carbocycles. The second kappa shape index (κ2) is 14.7. The van der Waals surface area contributed by atoms with Gasteiger partial charge in [0.05, 0.1) is 19.1 Å². The molecule has 0 bridgehead atoms. The number of rotatable bonds is 11. The third-order valence-corrected chi connectivity index (χ3v) is 4.67. The smallest absolute Gasteiger partial charge is 0.222 e. The van der Waals surface area contributed by atoms with Gasteiger partial charge in [0.25, 0.3) is 0 Å². The topological polar surface area (TPSA) is 88.7 Å². The van der Waals surface area contributed by atoms with Gasteiger partial charge in [-0.1, -0.05) is 49.4 Å². The van der Waals surface area contributed by atoms with Crippen LogP contribution in [0.15, 0.2) is 59.6 Å². The number of nitrogens with two attached hydrogens (primary N) is 1. The van der Waals surface area contributed by atoms with Crippen molar-refractivity contribution in [1.29, 1.82) is 0 Å². The minimum atomic E-state index is -0.430. The Bertz CT molecular complexity index is 803.